The number of carbonyl (C=O) groups is 2. The van der Waals surface area contributed by atoms with Crippen molar-refractivity contribution < 1.29 is 14.3 Å². The van der Waals surface area contributed by atoms with Crippen molar-refractivity contribution in [3.8, 4) is 0 Å². The Bertz CT molecular complexity index is 417. The lowest BCUT2D eigenvalue weighted by atomic mass is 10.0. The van der Waals surface area contributed by atoms with Crippen LogP contribution in [0.4, 0.5) is 0 Å². The molecular formula is C15H21NO3. The molecule has 1 aromatic rings. The van der Waals surface area contributed by atoms with Crippen LogP contribution >= 0.6 is 0 Å². The molecule has 19 heavy (non-hydrogen) atoms. The molecule has 1 rings (SSSR count). The quantitative estimate of drug-likeness (QED) is 0.798. The van der Waals surface area contributed by atoms with E-state index in [1.165, 1.54) is 7.11 Å². The molecule has 104 valence electrons. The van der Waals surface area contributed by atoms with Gasteiger partial charge in [0.1, 0.15) is 6.04 Å². The van der Waals surface area contributed by atoms with Crippen LogP contribution < -0.4 is 5.32 Å². The fourth-order valence-electron chi connectivity index (χ4n) is 1.68. The minimum absolute atomic E-state index is 0.108. The summed E-state index contributed by atoms with van der Waals surface area (Å²) in [5.41, 5.74) is 0.988. The SMILES string of the molecule is CC[C@H](C)C(=O)N[C@@H](Cc1ccccc1)C(=O)OC. The van der Waals surface area contributed by atoms with Crippen LogP contribution in [0.25, 0.3) is 0 Å². The van der Waals surface area contributed by atoms with E-state index in [1.807, 2.05) is 44.2 Å². The molecule has 0 aliphatic carbocycles. The van der Waals surface area contributed by atoms with E-state index in [-0.39, 0.29) is 11.8 Å². The first-order chi connectivity index (χ1) is 9.08. The molecule has 0 saturated heterocycles. The zero-order chi connectivity index (χ0) is 14.3. The highest BCUT2D eigenvalue weighted by Crippen LogP contribution is 2.07. The van der Waals surface area contributed by atoms with Gasteiger partial charge in [-0.2, -0.15) is 0 Å². The van der Waals surface area contributed by atoms with Gasteiger partial charge >= 0.3 is 5.97 Å². The van der Waals surface area contributed by atoms with Crippen molar-refractivity contribution in [3.05, 3.63) is 35.9 Å². The lowest BCUT2D eigenvalue weighted by molar-refractivity contribution is -0.145. The van der Waals surface area contributed by atoms with Gasteiger partial charge in [0.15, 0.2) is 0 Å². The smallest absolute Gasteiger partial charge is 0.328 e. The average molecular weight is 263 g/mol. The topological polar surface area (TPSA) is 55.4 Å². The molecule has 0 radical (unpaired) electrons. The first-order valence-corrected chi connectivity index (χ1v) is 6.50. The van der Waals surface area contributed by atoms with Gasteiger partial charge in [-0.05, 0) is 12.0 Å². The van der Waals surface area contributed by atoms with E-state index >= 15 is 0 Å². The molecule has 4 nitrogen and oxygen atoms in total. The van der Waals surface area contributed by atoms with Crippen molar-refractivity contribution in [3.63, 3.8) is 0 Å². The minimum Gasteiger partial charge on any atom is -0.467 e. The van der Waals surface area contributed by atoms with Crippen molar-refractivity contribution in [2.75, 3.05) is 7.11 Å². The van der Waals surface area contributed by atoms with Crippen LogP contribution in [0.2, 0.25) is 0 Å². The molecule has 1 amide bonds. The number of benzene rings is 1. The number of carbonyl (C=O) groups excluding carboxylic acids is 2. The second kappa shape index (κ2) is 7.56. The predicted molar refractivity (Wildman–Crippen MR) is 73.5 cm³/mol. The number of esters is 1. The van der Waals surface area contributed by atoms with Crippen LogP contribution in [0.1, 0.15) is 25.8 Å². The average Bonchev–Trinajstić information content (AvgIpc) is 2.45. The van der Waals surface area contributed by atoms with Gasteiger partial charge in [0.2, 0.25) is 5.91 Å². The van der Waals surface area contributed by atoms with Crippen molar-refractivity contribution in [1.82, 2.24) is 5.32 Å². The number of nitrogens with one attached hydrogen (secondary N) is 1. The molecular weight excluding hydrogens is 242 g/mol. The highest BCUT2D eigenvalue weighted by molar-refractivity contribution is 5.85. The third-order valence-electron chi connectivity index (χ3n) is 3.14. The lowest BCUT2D eigenvalue weighted by Gasteiger charge is -2.18. The van der Waals surface area contributed by atoms with Gasteiger partial charge in [0.25, 0.3) is 0 Å². The van der Waals surface area contributed by atoms with Gasteiger partial charge in [0.05, 0.1) is 7.11 Å². The molecule has 0 bridgehead atoms. The molecule has 0 spiro atoms. The summed E-state index contributed by atoms with van der Waals surface area (Å²) in [5.74, 6) is -0.641. The molecule has 0 aromatic heterocycles. The van der Waals surface area contributed by atoms with Gasteiger partial charge in [0, 0.05) is 12.3 Å². The number of rotatable bonds is 6. The zero-order valence-electron chi connectivity index (χ0n) is 11.7. The summed E-state index contributed by atoms with van der Waals surface area (Å²) < 4.78 is 4.75. The molecule has 0 aliphatic rings. The van der Waals surface area contributed by atoms with Gasteiger partial charge in [-0.15, -0.1) is 0 Å². The lowest BCUT2D eigenvalue weighted by Crippen LogP contribution is -2.45. The summed E-state index contributed by atoms with van der Waals surface area (Å²) in [7, 11) is 1.33. The van der Waals surface area contributed by atoms with E-state index in [2.05, 4.69) is 5.32 Å². The Morgan fingerprint density at radius 1 is 1.26 bits per heavy atom. The van der Waals surface area contributed by atoms with Crippen LogP contribution in [0, 0.1) is 5.92 Å². The Kier molecular flexibility index (Phi) is 6.06. The maximum atomic E-state index is 11.9. The summed E-state index contributed by atoms with van der Waals surface area (Å²) in [6.45, 7) is 3.78. The Morgan fingerprint density at radius 3 is 2.42 bits per heavy atom. The minimum atomic E-state index is -0.631. The van der Waals surface area contributed by atoms with E-state index < -0.39 is 12.0 Å². The maximum absolute atomic E-state index is 11.9. The first kappa shape index (κ1) is 15.2. The van der Waals surface area contributed by atoms with Gasteiger partial charge < -0.3 is 10.1 Å². The van der Waals surface area contributed by atoms with Crippen LogP contribution in [0.5, 0.6) is 0 Å². The molecule has 1 N–H and O–H groups in total. The molecule has 1 aromatic carbocycles. The van der Waals surface area contributed by atoms with Crippen molar-refractivity contribution in [2.45, 2.75) is 32.7 Å². The third-order valence-corrected chi connectivity index (χ3v) is 3.14. The highest BCUT2D eigenvalue weighted by atomic mass is 16.5. The van der Waals surface area contributed by atoms with Crippen molar-refractivity contribution in [2.24, 2.45) is 5.92 Å². The van der Waals surface area contributed by atoms with Crippen LogP contribution in [-0.4, -0.2) is 25.0 Å². The number of ether oxygens (including phenoxy) is 1. The molecule has 0 fully saturated rings. The second-order valence-corrected chi connectivity index (χ2v) is 4.58. The fraction of sp³-hybridized carbons (Fsp3) is 0.467. The molecule has 2 atom stereocenters. The standard InChI is InChI=1S/C15H21NO3/c1-4-11(2)14(17)16-13(15(18)19-3)10-12-8-6-5-7-9-12/h5-9,11,13H,4,10H2,1-3H3,(H,16,17)/t11-,13-/m0/s1. The first-order valence-electron chi connectivity index (χ1n) is 6.50. The number of hydrogen-bond donors (Lipinski definition) is 1. The molecule has 0 heterocycles. The fourth-order valence-corrected chi connectivity index (χ4v) is 1.68. The Hall–Kier alpha value is -1.84. The zero-order valence-corrected chi connectivity index (χ0v) is 11.7. The second-order valence-electron chi connectivity index (χ2n) is 4.58. The molecule has 0 unspecified atom stereocenters. The molecule has 0 aliphatic heterocycles. The molecule has 4 heteroatoms. The summed E-state index contributed by atoms with van der Waals surface area (Å²) in [5, 5.41) is 2.75. The number of methoxy groups -OCH3 is 1. The number of amides is 1. The maximum Gasteiger partial charge on any atom is 0.328 e. The van der Waals surface area contributed by atoms with Gasteiger partial charge in [-0.1, -0.05) is 44.2 Å². The van der Waals surface area contributed by atoms with Crippen LogP contribution in [0.3, 0.4) is 0 Å². The predicted octanol–water partition coefficient (Wildman–Crippen LogP) is 1.93. The third kappa shape index (κ3) is 4.73. The van der Waals surface area contributed by atoms with E-state index in [1.54, 1.807) is 0 Å². The van der Waals surface area contributed by atoms with E-state index in [0.717, 1.165) is 12.0 Å². The number of hydrogen-bond acceptors (Lipinski definition) is 3. The van der Waals surface area contributed by atoms with Crippen molar-refractivity contribution in [1.29, 1.82) is 0 Å². The summed E-state index contributed by atoms with van der Waals surface area (Å²) in [6, 6.07) is 8.93. The van der Waals surface area contributed by atoms with Gasteiger partial charge in [-0.3, -0.25) is 4.79 Å². The van der Waals surface area contributed by atoms with E-state index in [9.17, 15) is 9.59 Å². The Balaban J connectivity index is 2.73. The largest absolute Gasteiger partial charge is 0.467 e. The van der Waals surface area contributed by atoms with Crippen LogP contribution in [0.15, 0.2) is 30.3 Å². The normalized spacial score (nSPS) is 13.4. The highest BCUT2D eigenvalue weighted by Gasteiger charge is 2.23. The van der Waals surface area contributed by atoms with E-state index in [0.29, 0.717) is 6.42 Å². The molecule has 0 saturated carbocycles. The van der Waals surface area contributed by atoms with E-state index in [4.69, 9.17) is 4.74 Å². The summed E-state index contributed by atoms with van der Waals surface area (Å²) in [6.07, 6.45) is 1.18. The van der Waals surface area contributed by atoms with Gasteiger partial charge in [-0.25, -0.2) is 4.79 Å². The monoisotopic (exact) mass is 263 g/mol. The van der Waals surface area contributed by atoms with Crippen molar-refractivity contribution >= 4 is 11.9 Å². The Labute approximate surface area is 114 Å². The summed E-state index contributed by atoms with van der Waals surface area (Å²) in [4.78, 5) is 23.6. The Morgan fingerprint density at radius 2 is 1.89 bits per heavy atom. The summed E-state index contributed by atoms with van der Waals surface area (Å²) >= 11 is 0. The van der Waals surface area contributed by atoms with Crippen LogP contribution in [-0.2, 0) is 20.7 Å².